The highest BCUT2D eigenvalue weighted by atomic mass is 32.2. The van der Waals surface area contributed by atoms with Crippen LogP contribution < -0.4 is 4.90 Å². The van der Waals surface area contributed by atoms with Crippen molar-refractivity contribution in [2.75, 3.05) is 44.4 Å². The normalized spacial score (nSPS) is 15.4. The molecule has 0 aliphatic carbocycles. The molecule has 27 heavy (non-hydrogen) atoms. The summed E-state index contributed by atoms with van der Waals surface area (Å²) in [5, 5.41) is 1.24. The van der Waals surface area contributed by atoms with Crippen LogP contribution in [0.1, 0.15) is 5.56 Å². The Hall–Kier alpha value is -1.69. The minimum Gasteiger partial charge on any atom is -0.369 e. The van der Waals surface area contributed by atoms with Gasteiger partial charge in [-0.15, -0.1) is 23.5 Å². The highest BCUT2D eigenvalue weighted by Crippen LogP contribution is 2.31. The lowest BCUT2D eigenvalue weighted by Crippen LogP contribution is -2.44. The molecular weight excluding hydrogens is 370 g/mol. The molecule has 0 saturated carbocycles. The van der Waals surface area contributed by atoms with Gasteiger partial charge in [-0.3, -0.25) is 4.98 Å². The Labute approximate surface area is 170 Å². The molecule has 0 amide bonds. The molecule has 3 nitrogen and oxygen atoms in total. The van der Waals surface area contributed by atoms with E-state index in [9.17, 15) is 0 Å². The van der Waals surface area contributed by atoms with Gasteiger partial charge in [0.1, 0.15) is 0 Å². The Morgan fingerprint density at radius 2 is 1.74 bits per heavy atom. The number of fused-ring (bicyclic) bond motifs is 1. The third-order valence-electron chi connectivity index (χ3n) is 5.11. The average molecular weight is 396 g/mol. The molecule has 2 heterocycles. The summed E-state index contributed by atoms with van der Waals surface area (Å²) in [7, 11) is 2.20. The van der Waals surface area contributed by atoms with E-state index in [2.05, 4.69) is 76.6 Å². The quantitative estimate of drug-likeness (QED) is 0.565. The first-order valence-electron chi connectivity index (χ1n) is 9.31. The van der Waals surface area contributed by atoms with Crippen molar-refractivity contribution in [3.8, 4) is 0 Å². The first-order valence-corrected chi connectivity index (χ1v) is 11.5. The zero-order chi connectivity index (χ0) is 18.6. The van der Waals surface area contributed by atoms with Crippen molar-refractivity contribution in [3.63, 3.8) is 0 Å². The van der Waals surface area contributed by atoms with E-state index in [-0.39, 0.29) is 0 Å². The minimum absolute atomic E-state index is 0.979. The number of hydrogen-bond donors (Lipinski definition) is 0. The van der Waals surface area contributed by atoms with E-state index < -0.39 is 0 Å². The van der Waals surface area contributed by atoms with Crippen LogP contribution in [-0.2, 0) is 5.75 Å². The van der Waals surface area contributed by atoms with Crippen molar-refractivity contribution < 1.29 is 0 Å². The van der Waals surface area contributed by atoms with E-state index in [4.69, 9.17) is 0 Å². The Morgan fingerprint density at radius 3 is 2.48 bits per heavy atom. The van der Waals surface area contributed by atoms with Crippen LogP contribution in [0.4, 0.5) is 5.69 Å². The van der Waals surface area contributed by atoms with Gasteiger partial charge in [0, 0.05) is 59.0 Å². The topological polar surface area (TPSA) is 19.4 Å². The van der Waals surface area contributed by atoms with Crippen molar-refractivity contribution in [3.05, 3.63) is 60.3 Å². The summed E-state index contributed by atoms with van der Waals surface area (Å²) in [6.45, 7) is 4.52. The van der Waals surface area contributed by atoms with Crippen molar-refractivity contribution in [1.82, 2.24) is 9.88 Å². The van der Waals surface area contributed by atoms with Crippen molar-refractivity contribution in [2.24, 2.45) is 0 Å². The zero-order valence-electron chi connectivity index (χ0n) is 15.9. The number of rotatable bonds is 5. The molecule has 4 rings (SSSR count). The van der Waals surface area contributed by atoms with Crippen molar-refractivity contribution in [2.45, 2.75) is 15.5 Å². The molecule has 1 aliphatic rings. The lowest BCUT2D eigenvalue weighted by atomic mass is 10.2. The molecule has 0 radical (unpaired) electrons. The van der Waals surface area contributed by atoms with Gasteiger partial charge in [-0.25, -0.2) is 0 Å². The van der Waals surface area contributed by atoms with Crippen LogP contribution in [0.25, 0.3) is 10.9 Å². The molecule has 0 atom stereocenters. The van der Waals surface area contributed by atoms with Crippen LogP contribution in [-0.4, -0.2) is 49.4 Å². The summed E-state index contributed by atoms with van der Waals surface area (Å²) in [6.07, 6.45) is 4.02. The summed E-state index contributed by atoms with van der Waals surface area (Å²) in [5.74, 6) is 0.979. The predicted molar refractivity (Wildman–Crippen MR) is 119 cm³/mol. The molecule has 0 unspecified atom stereocenters. The maximum absolute atomic E-state index is 4.54. The van der Waals surface area contributed by atoms with Gasteiger partial charge < -0.3 is 9.80 Å². The molecule has 1 aliphatic heterocycles. The van der Waals surface area contributed by atoms with Gasteiger partial charge in [0.05, 0.1) is 5.52 Å². The second-order valence-electron chi connectivity index (χ2n) is 6.94. The van der Waals surface area contributed by atoms with E-state index in [0.717, 1.165) is 37.4 Å². The molecule has 5 heteroatoms. The largest absolute Gasteiger partial charge is 0.369 e. The molecule has 140 valence electrons. The van der Waals surface area contributed by atoms with Gasteiger partial charge >= 0.3 is 0 Å². The van der Waals surface area contributed by atoms with Crippen molar-refractivity contribution in [1.29, 1.82) is 0 Å². The van der Waals surface area contributed by atoms with E-state index in [1.807, 2.05) is 18.0 Å². The van der Waals surface area contributed by atoms with Crippen molar-refractivity contribution >= 4 is 40.1 Å². The van der Waals surface area contributed by atoms with Gasteiger partial charge in [0.25, 0.3) is 0 Å². The standard InChI is InChI=1S/C22H25N3S2/c1-24-11-13-25(14-12-24)18-5-3-17(4-6-18)16-27-22-9-10-23-21-15-19(26-2)7-8-20(21)22/h3-10,15H,11-14,16H2,1-2H3. The van der Waals surface area contributed by atoms with Crippen LogP contribution in [0.5, 0.6) is 0 Å². The number of thioether (sulfide) groups is 2. The van der Waals surface area contributed by atoms with Crippen LogP contribution in [0, 0.1) is 0 Å². The second-order valence-corrected chi connectivity index (χ2v) is 8.83. The number of piperazine rings is 1. The Balaban J connectivity index is 1.44. The third-order valence-corrected chi connectivity index (χ3v) is 6.98. The summed E-state index contributed by atoms with van der Waals surface area (Å²) in [6, 6.07) is 17.8. The number of likely N-dealkylation sites (N-methyl/N-ethyl adjacent to an activating group) is 1. The predicted octanol–water partition coefficient (Wildman–Crippen LogP) is 5.00. The molecule has 0 N–H and O–H groups in total. The van der Waals surface area contributed by atoms with Gasteiger partial charge in [0.15, 0.2) is 0 Å². The molecule has 1 saturated heterocycles. The maximum atomic E-state index is 4.54. The van der Waals surface area contributed by atoms with E-state index in [1.165, 1.54) is 26.4 Å². The van der Waals surface area contributed by atoms with Gasteiger partial charge in [0.2, 0.25) is 0 Å². The average Bonchev–Trinajstić information content (AvgIpc) is 2.72. The first kappa shape index (κ1) is 18.7. The lowest BCUT2D eigenvalue weighted by Gasteiger charge is -2.34. The molecule has 0 bridgehead atoms. The number of nitrogens with zero attached hydrogens (tertiary/aromatic N) is 3. The number of anilines is 1. The van der Waals surface area contributed by atoms with E-state index in [1.54, 1.807) is 11.8 Å². The van der Waals surface area contributed by atoms with Crippen LogP contribution in [0.2, 0.25) is 0 Å². The molecular formula is C22H25N3S2. The highest BCUT2D eigenvalue weighted by molar-refractivity contribution is 7.99. The SMILES string of the molecule is CSc1ccc2c(SCc3ccc(N4CCN(C)CC4)cc3)ccnc2c1. The van der Waals surface area contributed by atoms with E-state index >= 15 is 0 Å². The monoisotopic (exact) mass is 395 g/mol. The Bertz CT molecular complexity index is 903. The van der Waals surface area contributed by atoms with E-state index in [0.29, 0.717) is 0 Å². The summed E-state index contributed by atoms with van der Waals surface area (Å²) in [5.41, 5.74) is 3.79. The molecule has 2 aromatic carbocycles. The van der Waals surface area contributed by atoms with Gasteiger partial charge in [-0.1, -0.05) is 18.2 Å². The summed E-state index contributed by atoms with van der Waals surface area (Å²) >= 11 is 3.65. The van der Waals surface area contributed by atoms with Crippen LogP contribution >= 0.6 is 23.5 Å². The van der Waals surface area contributed by atoms with Crippen LogP contribution in [0.15, 0.2) is 64.5 Å². The first-order chi connectivity index (χ1) is 13.2. The van der Waals surface area contributed by atoms with Gasteiger partial charge in [-0.05, 0) is 49.2 Å². The smallest absolute Gasteiger partial charge is 0.0724 e. The fourth-order valence-corrected chi connectivity index (χ4v) is 4.82. The third kappa shape index (κ3) is 4.42. The maximum Gasteiger partial charge on any atom is 0.0724 e. The lowest BCUT2D eigenvalue weighted by molar-refractivity contribution is 0.313. The number of benzene rings is 2. The number of aromatic nitrogens is 1. The van der Waals surface area contributed by atoms with Crippen LogP contribution in [0.3, 0.4) is 0 Å². The fraction of sp³-hybridized carbons (Fsp3) is 0.318. The second kappa shape index (κ2) is 8.55. The molecule has 3 aromatic rings. The molecule has 1 fully saturated rings. The van der Waals surface area contributed by atoms with Gasteiger partial charge in [-0.2, -0.15) is 0 Å². The minimum atomic E-state index is 0.979. The number of hydrogen-bond acceptors (Lipinski definition) is 5. The molecule has 1 aromatic heterocycles. The number of pyridine rings is 1. The Kier molecular flexibility index (Phi) is 5.91. The summed E-state index contributed by atoms with van der Waals surface area (Å²) in [4.78, 5) is 12.0. The Morgan fingerprint density at radius 1 is 0.963 bits per heavy atom. The molecule has 0 spiro atoms. The highest BCUT2D eigenvalue weighted by Gasteiger charge is 2.14. The summed E-state index contributed by atoms with van der Waals surface area (Å²) < 4.78 is 0. The fourth-order valence-electron chi connectivity index (χ4n) is 3.38. The zero-order valence-corrected chi connectivity index (χ0v) is 17.5.